The first-order chi connectivity index (χ1) is 6.95. The highest BCUT2D eigenvalue weighted by Crippen LogP contribution is 2.22. The highest BCUT2D eigenvalue weighted by atomic mass is 16.5. The third-order valence-electron chi connectivity index (χ3n) is 2.85. The maximum absolute atomic E-state index is 4.66. The molecular formula is C10H17N3O. The number of nitrogens with zero attached hydrogens (tertiary/aromatic N) is 2. The summed E-state index contributed by atoms with van der Waals surface area (Å²) in [7, 11) is 0. The zero-order valence-corrected chi connectivity index (χ0v) is 8.41. The molecule has 1 aliphatic rings. The molecule has 0 unspecified atom stereocenters. The fraction of sp³-hybridized carbons (Fsp3) is 0.800. The molecule has 1 aromatic rings. The Balaban J connectivity index is 1.62. The smallest absolute Gasteiger partial charge is 0.213 e. The van der Waals surface area contributed by atoms with Crippen LogP contribution >= 0.6 is 0 Å². The predicted octanol–water partition coefficient (Wildman–Crippen LogP) is 1.74. The van der Waals surface area contributed by atoms with Gasteiger partial charge in [0.1, 0.15) is 0 Å². The van der Waals surface area contributed by atoms with E-state index in [0.29, 0.717) is 0 Å². The monoisotopic (exact) mass is 195 g/mol. The van der Waals surface area contributed by atoms with E-state index in [4.69, 9.17) is 0 Å². The molecule has 1 N–H and O–H groups in total. The first kappa shape index (κ1) is 9.65. The molecule has 78 valence electrons. The van der Waals surface area contributed by atoms with Gasteiger partial charge >= 0.3 is 0 Å². The number of nitrogens with one attached hydrogen (secondary N) is 1. The van der Waals surface area contributed by atoms with Gasteiger partial charge in [0.05, 0.1) is 6.54 Å². The second-order valence-electron chi connectivity index (χ2n) is 3.98. The van der Waals surface area contributed by atoms with Gasteiger partial charge < -0.3 is 9.84 Å². The minimum atomic E-state index is 0.729. The van der Waals surface area contributed by atoms with E-state index in [0.717, 1.165) is 24.8 Å². The van der Waals surface area contributed by atoms with Gasteiger partial charge in [0.2, 0.25) is 6.39 Å². The first-order valence-corrected chi connectivity index (χ1v) is 5.41. The van der Waals surface area contributed by atoms with Gasteiger partial charge in [-0.25, -0.2) is 0 Å². The first-order valence-electron chi connectivity index (χ1n) is 5.41. The standard InChI is InChI=1S/C10H17N3O/c1-2-4-9(5-3-1)6-11-7-10-12-8-14-13-10/h8-9,11H,1-7H2. The van der Waals surface area contributed by atoms with Crippen LogP contribution in [0, 0.1) is 5.92 Å². The topological polar surface area (TPSA) is 51.0 Å². The largest absolute Gasteiger partial charge is 0.343 e. The van der Waals surface area contributed by atoms with Gasteiger partial charge in [0.25, 0.3) is 0 Å². The van der Waals surface area contributed by atoms with Gasteiger partial charge in [-0.05, 0) is 25.3 Å². The van der Waals surface area contributed by atoms with Crippen molar-refractivity contribution >= 4 is 0 Å². The van der Waals surface area contributed by atoms with E-state index < -0.39 is 0 Å². The van der Waals surface area contributed by atoms with Gasteiger partial charge in [0.15, 0.2) is 5.82 Å². The van der Waals surface area contributed by atoms with Crippen LogP contribution in [0.2, 0.25) is 0 Å². The number of hydrogen-bond acceptors (Lipinski definition) is 4. The Bertz CT molecular complexity index is 242. The molecule has 0 saturated heterocycles. The summed E-state index contributed by atoms with van der Waals surface area (Å²) in [5, 5.41) is 7.12. The summed E-state index contributed by atoms with van der Waals surface area (Å²) in [5.41, 5.74) is 0. The summed E-state index contributed by atoms with van der Waals surface area (Å²) >= 11 is 0. The lowest BCUT2D eigenvalue weighted by Crippen LogP contribution is -2.24. The summed E-state index contributed by atoms with van der Waals surface area (Å²) in [4.78, 5) is 3.96. The van der Waals surface area contributed by atoms with Crippen molar-refractivity contribution in [3.8, 4) is 0 Å². The molecule has 0 atom stereocenters. The van der Waals surface area contributed by atoms with Crippen molar-refractivity contribution in [2.75, 3.05) is 6.54 Å². The molecule has 1 heterocycles. The number of aromatic nitrogens is 2. The lowest BCUT2D eigenvalue weighted by Gasteiger charge is -2.21. The maximum Gasteiger partial charge on any atom is 0.213 e. The summed E-state index contributed by atoms with van der Waals surface area (Å²) < 4.78 is 4.66. The molecule has 4 nitrogen and oxygen atoms in total. The zero-order valence-electron chi connectivity index (χ0n) is 8.41. The van der Waals surface area contributed by atoms with Crippen molar-refractivity contribution in [2.45, 2.75) is 38.6 Å². The molecule has 1 fully saturated rings. The predicted molar refractivity (Wildman–Crippen MR) is 52.6 cm³/mol. The molecule has 0 radical (unpaired) electrons. The van der Waals surface area contributed by atoms with Crippen molar-refractivity contribution < 1.29 is 4.52 Å². The van der Waals surface area contributed by atoms with Crippen LogP contribution in [0.15, 0.2) is 10.9 Å². The van der Waals surface area contributed by atoms with Crippen LogP contribution in [0.4, 0.5) is 0 Å². The number of rotatable bonds is 4. The van der Waals surface area contributed by atoms with E-state index in [1.807, 2.05) is 0 Å². The highest BCUT2D eigenvalue weighted by Gasteiger charge is 2.12. The van der Waals surface area contributed by atoms with Crippen LogP contribution < -0.4 is 5.32 Å². The molecule has 1 aliphatic carbocycles. The quantitative estimate of drug-likeness (QED) is 0.795. The van der Waals surface area contributed by atoms with Crippen LogP contribution in [0.25, 0.3) is 0 Å². The second-order valence-corrected chi connectivity index (χ2v) is 3.98. The third kappa shape index (κ3) is 2.80. The molecular weight excluding hydrogens is 178 g/mol. The van der Waals surface area contributed by atoms with Crippen molar-refractivity contribution in [1.82, 2.24) is 15.5 Å². The molecule has 0 spiro atoms. The molecule has 4 heteroatoms. The Kier molecular flexibility index (Phi) is 3.51. The van der Waals surface area contributed by atoms with E-state index in [2.05, 4.69) is 20.0 Å². The van der Waals surface area contributed by atoms with Crippen LogP contribution in [0.5, 0.6) is 0 Å². The Labute approximate surface area is 84.1 Å². The molecule has 2 rings (SSSR count). The highest BCUT2D eigenvalue weighted by molar-refractivity contribution is 4.77. The summed E-state index contributed by atoms with van der Waals surface area (Å²) in [6.45, 7) is 1.82. The molecule has 0 bridgehead atoms. The third-order valence-corrected chi connectivity index (χ3v) is 2.85. The van der Waals surface area contributed by atoms with E-state index >= 15 is 0 Å². The average Bonchev–Trinajstić information content (AvgIpc) is 2.72. The van der Waals surface area contributed by atoms with E-state index in [1.165, 1.54) is 38.5 Å². The summed E-state index contributed by atoms with van der Waals surface area (Å²) in [5.74, 6) is 1.61. The molecule has 0 amide bonds. The fourth-order valence-electron chi connectivity index (χ4n) is 2.05. The SMILES string of the molecule is c1nc(CNCC2CCCCC2)no1. The van der Waals surface area contributed by atoms with Crippen LogP contribution in [0.3, 0.4) is 0 Å². The minimum Gasteiger partial charge on any atom is -0.343 e. The number of hydrogen-bond donors (Lipinski definition) is 1. The van der Waals surface area contributed by atoms with Gasteiger partial charge in [-0.2, -0.15) is 4.98 Å². The Hall–Kier alpha value is -0.900. The van der Waals surface area contributed by atoms with Crippen molar-refractivity contribution in [3.63, 3.8) is 0 Å². The second kappa shape index (κ2) is 5.10. The lowest BCUT2D eigenvalue weighted by atomic mass is 9.89. The fourth-order valence-corrected chi connectivity index (χ4v) is 2.05. The summed E-state index contributed by atoms with van der Waals surface area (Å²) in [6.07, 6.45) is 8.33. The Morgan fingerprint density at radius 1 is 1.36 bits per heavy atom. The maximum atomic E-state index is 4.66. The van der Waals surface area contributed by atoms with Gasteiger partial charge in [0, 0.05) is 0 Å². The van der Waals surface area contributed by atoms with Crippen LogP contribution in [-0.2, 0) is 6.54 Å². The normalized spacial score (nSPS) is 18.6. The van der Waals surface area contributed by atoms with E-state index in [1.54, 1.807) is 0 Å². The average molecular weight is 195 g/mol. The minimum absolute atomic E-state index is 0.729. The van der Waals surface area contributed by atoms with Crippen molar-refractivity contribution in [1.29, 1.82) is 0 Å². The van der Waals surface area contributed by atoms with Crippen LogP contribution in [0.1, 0.15) is 37.9 Å². The molecule has 0 aromatic carbocycles. The molecule has 14 heavy (non-hydrogen) atoms. The van der Waals surface area contributed by atoms with Gasteiger partial charge in [-0.15, -0.1) is 0 Å². The zero-order chi connectivity index (χ0) is 9.64. The lowest BCUT2D eigenvalue weighted by molar-refractivity contribution is 0.339. The van der Waals surface area contributed by atoms with Gasteiger partial charge in [-0.3, -0.25) is 0 Å². The summed E-state index contributed by atoms with van der Waals surface area (Å²) in [6, 6.07) is 0. The molecule has 1 saturated carbocycles. The molecule has 1 aromatic heterocycles. The molecule has 0 aliphatic heterocycles. The van der Waals surface area contributed by atoms with E-state index in [-0.39, 0.29) is 0 Å². The Morgan fingerprint density at radius 3 is 2.93 bits per heavy atom. The van der Waals surface area contributed by atoms with Crippen LogP contribution in [-0.4, -0.2) is 16.7 Å². The van der Waals surface area contributed by atoms with Gasteiger partial charge in [-0.1, -0.05) is 24.4 Å². The Morgan fingerprint density at radius 2 is 2.21 bits per heavy atom. The van der Waals surface area contributed by atoms with Crippen molar-refractivity contribution in [3.05, 3.63) is 12.2 Å². The van der Waals surface area contributed by atoms with Crippen molar-refractivity contribution in [2.24, 2.45) is 5.92 Å². The van der Waals surface area contributed by atoms with E-state index in [9.17, 15) is 0 Å².